The Labute approximate surface area is 59.9 Å². The van der Waals surface area contributed by atoms with Crippen LogP contribution >= 0.6 is 0 Å². The van der Waals surface area contributed by atoms with Gasteiger partial charge in [-0.3, -0.25) is 4.79 Å². The van der Waals surface area contributed by atoms with E-state index in [2.05, 4.69) is 6.58 Å². The van der Waals surface area contributed by atoms with Crippen molar-refractivity contribution in [2.45, 2.75) is 18.9 Å². The lowest BCUT2D eigenvalue weighted by Crippen LogP contribution is -2.48. The van der Waals surface area contributed by atoms with Crippen LogP contribution in [0.5, 0.6) is 0 Å². The number of carbonyl (C=O) groups is 1. The smallest absolute Gasteiger partial charge is 0.166 e. The summed E-state index contributed by atoms with van der Waals surface area (Å²) in [5.41, 5.74) is 0.685. The Kier molecular flexibility index (Phi) is 1.17. The Hall–Kier alpha value is -0.630. The Morgan fingerprint density at radius 1 is 1.60 bits per heavy atom. The van der Waals surface area contributed by atoms with Crippen LogP contribution in [0.4, 0.5) is 0 Å². The summed E-state index contributed by atoms with van der Waals surface area (Å²) >= 11 is 0. The van der Waals surface area contributed by atoms with Gasteiger partial charge in [0.25, 0.3) is 0 Å². The maximum atomic E-state index is 11.0. The van der Waals surface area contributed by atoms with Crippen molar-refractivity contribution in [3.8, 4) is 0 Å². The minimum absolute atomic E-state index is 0.0845. The van der Waals surface area contributed by atoms with E-state index in [-0.39, 0.29) is 17.8 Å². The predicted octanol–water partition coefficient (Wildman–Crippen LogP) is 0.920. The summed E-state index contributed by atoms with van der Waals surface area (Å²) in [5, 5.41) is 0. The summed E-state index contributed by atoms with van der Waals surface area (Å²) in [7, 11) is 0. The quantitative estimate of drug-likeness (QED) is 0.465. The van der Waals surface area contributed by atoms with Crippen LogP contribution in [-0.2, 0) is 9.53 Å². The van der Waals surface area contributed by atoms with Crippen molar-refractivity contribution in [3.05, 3.63) is 12.2 Å². The van der Waals surface area contributed by atoms with Crippen molar-refractivity contribution in [1.29, 1.82) is 0 Å². The molecule has 0 spiro atoms. The molecule has 0 bridgehead atoms. The standard InChI is InChI=1S/C8H10O2/c1-5-7(9)6-3-2-4-10-8(5)6/h6,8H,1-4H2/t6-,8+/m0/s1. The second-order valence-corrected chi connectivity index (χ2v) is 2.93. The topological polar surface area (TPSA) is 26.3 Å². The number of hydrogen-bond acceptors (Lipinski definition) is 2. The minimum Gasteiger partial charge on any atom is -0.373 e. The number of ketones is 1. The molecule has 0 radical (unpaired) electrons. The van der Waals surface area contributed by atoms with Gasteiger partial charge in [-0.1, -0.05) is 6.58 Å². The van der Waals surface area contributed by atoms with E-state index in [0.29, 0.717) is 5.57 Å². The van der Waals surface area contributed by atoms with E-state index in [4.69, 9.17) is 4.74 Å². The molecule has 0 aromatic carbocycles. The number of rotatable bonds is 0. The van der Waals surface area contributed by atoms with E-state index in [0.717, 1.165) is 19.4 Å². The first-order valence-corrected chi connectivity index (χ1v) is 3.65. The Balaban J connectivity index is 2.13. The molecule has 2 rings (SSSR count). The van der Waals surface area contributed by atoms with Crippen LogP contribution in [0.1, 0.15) is 12.8 Å². The molecule has 1 saturated heterocycles. The van der Waals surface area contributed by atoms with Gasteiger partial charge in [0, 0.05) is 12.2 Å². The highest BCUT2D eigenvalue weighted by Crippen LogP contribution is 2.37. The number of Topliss-reactive ketones (excluding diaryl/α,β-unsaturated/α-hetero) is 1. The minimum atomic E-state index is 0.0845. The molecule has 54 valence electrons. The van der Waals surface area contributed by atoms with Gasteiger partial charge in [0.1, 0.15) is 0 Å². The monoisotopic (exact) mass is 138 g/mol. The van der Waals surface area contributed by atoms with Crippen molar-refractivity contribution >= 4 is 5.78 Å². The second kappa shape index (κ2) is 1.92. The van der Waals surface area contributed by atoms with Gasteiger partial charge < -0.3 is 4.74 Å². The molecule has 2 heteroatoms. The zero-order valence-corrected chi connectivity index (χ0v) is 5.80. The fourth-order valence-corrected chi connectivity index (χ4v) is 1.68. The fourth-order valence-electron chi connectivity index (χ4n) is 1.68. The first kappa shape index (κ1) is 6.10. The third-order valence-electron chi connectivity index (χ3n) is 2.32. The third-order valence-corrected chi connectivity index (χ3v) is 2.32. The van der Waals surface area contributed by atoms with Gasteiger partial charge >= 0.3 is 0 Å². The lowest BCUT2D eigenvalue weighted by molar-refractivity contribution is -0.138. The number of hydrogen-bond donors (Lipinski definition) is 0. The second-order valence-electron chi connectivity index (χ2n) is 2.93. The van der Waals surface area contributed by atoms with Crippen LogP contribution in [0.15, 0.2) is 12.2 Å². The summed E-state index contributed by atoms with van der Waals surface area (Å²) in [6.45, 7) is 4.45. The van der Waals surface area contributed by atoms with E-state index in [9.17, 15) is 4.79 Å². The molecule has 10 heavy (non-hydrogen) atoms. The number of ether oxygens (including phenoxy) is 1. The van der Waals surface area contributed by atoms with Crippen molar-refractivity contribution < 1.29 is 9.53 Å². The van der Waals surface area contributed by atoms with Gasteiger partial charge in [-0.05, 0) is 12.8 Å². The normalized spacial score (nSPS) is 38.8. The largest absolute Gasteiger partial charge is 0.373 e. The van der Waals surface area contributed by atoms with Crippen molar-refractivity contribution in [3.63, 3.8) is 0 Å². The van der Waals surface area contributed by atoms with Gasteiger partial charge in [-0.25, -0.2) is 0 Å². The van der Waals surface area contributed by atoms with E-state index in [1.165, 1.54) is 0 Å². The molecule has 2 fully saturated rings. The SMILES string of the molecule is C=C1C(=O)[C@@H]2CCCO[C@H]12. The van der Waals surface area contributed by atoms with E-state index < -0.39 is 0 Å². The van der Waals surface area contributed by atoms with E-state index in [1.807, 2.05) is 0 Å². The molecule has 1 aliphatic carbocycles. The van der Waals surface area contributed by atoms with E-state index in [1.54, 1.807) is 0 Å². The van der Waals surface area contributed by atoms with Crippen LogP contribution in [0, 0.1) is 5.92 Å². The summed E-state index contributed by atoms with van der Waals surface area (Å²) in [6.07, 6.45) is 2.11. The highest BCUT2D eigenvalue weighted by Gasteiger charge is 2.45. The zero-order chi connectivity index (χ0) is 7.14. The van der Waals surface area contributed by atoms with Crippen LogP contribution < -0.4 is 0 Å². The van der Waals surface area contributed by atoms with Crippen LogP contribution in [0.3, 0.4) is 0 Å². The maximum absolute atomic E-state index is 11.0. The maximum Gasteiger partial charge on any atom is 0.166 e. The summed E-state index contributed by atoms with van der Waals surface area (Å²) < 4.78 is 5.34. The predicted molar refractivity (Wildman–Crippen MR) is 36.6 cm³/mol. The fraction of sp³-hybridized carbons (Fsp3) is 0.625. The van der Waals surface area contributed by atoms with E-state index >= 15 is 0 Å². The zero-order valence-electron chi connectivity index (χ0n) is 5.80. The first-order valence-electron chi connectivity index (χ1n) is 3.65. The molecular formula is C8H10O2. The molecule has 2 nitrogen and oxygen atoms in total. The Bertz CT molecular complexity index is 173. The average Bonchev–Trinajstić information content (AvgIpc) is 2.03. The Morgan fingerprint density at radius 3 is 3.10 bits per heavy atom. The van der Waals surface area contributed by atoms with Gasteiger partial charge in [0.2, 0.25) is 0 Å². The highest BCUT2D eigenvalue weighted by molar-refractivity contribution is 6.05. The van der Waals surface area contributed by atoms with Crippen molar-refractivity contribution in [1.82, 2.24) is 0 Å². The van der Waals surface area contributed by atoms with Crippen LogP contribution in [-0.4, -0.2) is 18.5 Å². The Morgan fingerprint density at radius 2 is 2.40 bits per heavy atom. The van der Waals surface area contributed by atoms with Crippen molar-refractivity contribution in [2.24, 2.45) is 5.92 Å². The molecule has 1 saturated carbocycles. The highest BCUT2D eigenvalue weighted by atomic mass is 16.5. The number of fused-ring (bicyclic) bond motifs is 1. The molecule has 2 atom stereocenters. The van der Waals surface area contributed by atoms with Crippen LogP contribution in [0.2, 0.25) is 0 Å². The molecule has 1 aliphatic heterocycles. The first-order chi connectivity index (χ1) is 4.80. The number of carbonyl (C=O) groups excluding carboxylic acids is 1. The van der Waals surface area contributed by atoms with Crippen LogP contribution in [0.25, 0.3) is 0 Å². The molecular weight excluding hydrogens is 128 g/mol. The van der Waals surface area contributed by atoms with Gasteiger partial charge in [-0.2, -0.15) is 0 Å². The molecule has 2 aliphatic rings. The summed E-state index contributed by atoms with van der Waals surface area (Å²) in [5.74, 6) is 0.394. The summed E-state index contributed by atoms with van der Waals surface area (Å²) in [6, 6.07) is 0. The molecule has 0 amide bonds. The van der Waals surface area contributed by atoms with Gasteiger partial charge in [-0.15, -0.1) is 0 Å². The molecule has 0 unspecified atom stereocenters. The van der Waals surface area contributed by atoms with Gasteiger partial charge in [0.05, 0.1) is 12.0 Å². The third kappa shape index (κ3) is 0.598. The molecule has 1 heterocycles. The van der Waals surface area contributed by atoms with Crippen molar-refractivity contribution in [2.75, 3.05) is 6.61 Å². The summed E-state index contributed by atoms with van der Waals surface area (Å²) in [4.78, 5) is 11.0. The lowest BCUT2D eigenvalue weighted by Gasteiger charge is -2.40. The molecule has 0 aromatic rings. The molecule has 0 N–H and O–H groups in total. The van der Waals surface area contributed by atoms with Gasteiger partial charge in [0.15, 0.2) is 5.78 Å². The average molecular weight is 138 g/mol. The lowest BCUT2D eigenvalue weighted by atomic mass is 9.72. The molecule has 0 aromatic heterocycles.